The van der Waals surface area contributed by atoms with E-state index in [2.05, 4.69) is 0 Å². The number of nitrogens with two attached hydrogens (primary N) is 1. The Kier molecular flexibility index (Phi) is 6.77. The van der Waals surface area contributed by atoms with Crippen LogP contribution in [-0.2, 0) is 4.79 Å². The minimum Gasteiger partial charge on any atom is -0.345 e. The van der Waals surface area contributed by atoms with Gasteiger partial charge in [0.15, 0.2) is 0 Å². The molecule has 14 heavy (non-hydrogen) atoms. The van der Waals surface area contributed by atoms with E-state index in [1.54, 1.807) is 11.9 Å². The summed E-state index contributed by atoms with van der Waals surface area (Å²) in [5.74, 6) is 0.490. The predicted octanol–water partition coefficient (Wildman–Crippen LogP) is 0.733. The summed E-state index contributed by atoms with van der Waals surface area (Å²) in [5, 5.41) is 8.35. The van der Waals surface area contributed by atoms with Gasteiger partial charge in [-0.2, -0.15) is 5.26 Å². The highest BCUT2D eigenvalue weighted by atomic mass is 16.2. The van der Waals surface area contributed by atoms with Crippen molar-refractivity contribution in [2.24, 2.45) is 11.7 Å². The van der Waals surface area contributed by atoms with Crippen LogP contribution in [-0.4, -0.2) is 30.9 Å². The molecule has 0 aromatic rings. The van der Waals surface area contributed by atoms with E-state index >= 15 is 0 Å². The SMILES string of the molecule is CC(CN)CCC(=O)N(C)CCC#N. The molecule has 1 amide bonds. The molecule has 0 aliphatic heterocycles. The van der Waals surface area contributed by atoms with Crippen LogP contribution in [0.15, 0.2) is 0 Å². The minimum atomic E-state index is 0.0977. The van der Waals surface area contributed by atoms with Gasteiger partial charge >= 0.3 is 0 Å². The second kappa shape index (κ2) is 7.34. The number of carbonyl (C=O) groups excluding carboxylic acids is 1. The van der Waals surface area contributed by atoms with Gasteiger partial charge in [0.1, 0.15) is 0 Å². The summed E-state index contributed by atoms with van der Waals surface area (Å²) < 4.78 is 0. The molecule has 0 fully saturated rings. The van der Waals surface area contributed by atoms with Crippen molar-refractivity contribution in [3.63, 3.8) is 0 Å². The number of hydrogen-bond donors (Lipinski definition) is 1. The van der Waals surface area contributed by atoms with Gasteiger partial charge in [-0.1, -0.05) is 6.92 Å². The molecular weight excluding hydrogens is 178 g/mol. The van der Waals surface area contributed by atoms with Crippen LogP contribution < -0.4 is 5.73 Å². The molecular formula is C10H19N3O. The molecule has 80 valence electrons. The molecule has 2 N–H and O–H groups in total. The summed E-state index contributed by atoms with van der Waals surface area (Å²) >= 11 is 0. The Morgan fingerprint density at radius 1 is 1.64 bits per heavy atom. The first-order valence-corrected chi connectivity index (χ1v) is 4.92. The van der Waals surface area contributed by atoms with Crippen LogP contribution >= 0.6 is 0 Å². The Labute approximate surface area is 85.7 Å². The fourth-order valence-electron chi connectivity index (χ4n) is 1.02. The summed E-state index contributed by atoms with van der Waals surface area (Å²) in [6.07, 6.45) is 1.75. The molecule has 1 unspecified atom stereocenters. The predicted molar refractivity (Wildman–Crippen MR) is 55.3 cm³/mol. The molecule has 0 saturated heterocycles. The Morgan fingerprint density at radius 2 is 2.29 bits per heavy atom. The van der Waals surface area contributed by atoms with Crippen molar-refractivity contribution in [1.29, 1.82) is 5.26 Å². The number of rotatable bonds is 6. The molecule has 0 heterocycles. The highest BCUT2D eigenvalue weighted by Gasteiger charge is 2.09. The summed E-state index contributed by atoms with van der Waals surface area (Å²) in [5.41, 5.74) is 5.45. The lowest BCUT2D eigenvalue weighted by molar-refractivity contribution is -0.130. The molecule has 0 spiro atoms. The highest BCUT2D eigenvalue weighted by molar-refractivity contribution is 5.75. The van der Waals surface area contributed by atoms with E-state index in [0.29, 0.717) is 31.8 Å². The Bertz CT molecular complexity index is 210. The number of amides is 1. The number of hydrogen-bond acceptors (Lipinski definition) is 3. The molecule has 4 heteroatoms. The zero-order valence-corrected chi connectivity index (χ0v) is 8.99. The molecule has 0 saturated carbocycles. The molecule has 0 rings (SSSR count). The molecule has 0 bridgehead atoms. The molecule has 0 radical (unpaired) electrons. The van der Waals surface area contributed by atoms with E-state index in [1.165, 1.54) is 0 Å². The Balaban J connectivity index is 3.68. The van der Waals surface area contributed by atoms with Gasteiger partial charge in [0.2, 0.25) is 5.91 Å². The topological polar surface area (TPSA) is 70.1 Å². The number of carbonyl (C=O) groups is 1. The van der Waals surface area contributed by atoms with Crippen molar-refractivity contribution in [2.75, 3.05) is 20.1 Å². The normalized spacial score (nSPS) is 11.9. The first-order valence-electron chi connectivity index (χ1n) is 4.92. The summed E-state index contributed by atoms with van der Waals surface area (Å²) in [4.78, 5) is 13.0. The van der Waals surface area contributed by atoms with E-state index in [0.717, 1.165) is 6.42 Å². The summed E-state index contributed by atoms with van der Waals surface area (Å²) in [6.45, 7) is 3.17. The lowest BCUT2D eigenvalue weighted by Crippen LogP contribution is -2.28. The van der Waals surface area contributed by atoms with Crippen molar-refractivity contribution in [2.45, 2.75) is 26.2 Å². The van der Waals surface area contributed by atoms with Gasteiger partial charge in [-0.25, -0.2) is 0 Å². The lowest BCUT2D eigenvalue weighted by atomic mass is 10.1. The van der Waals surface area contributed by atoms with Gasteiger partial charge < -0.3 is 10.6 Å². The van der Waals surface area contributed by atoms with Crippen LogP contribution in [0.25, 0.3) is 0 Å². The number of nitrogens with zero attached hydrogens (tertiary/aromatic N) is 2. The highest BCUT2D eigenvalue weighted by Crippen LogP contribution is 2.05. The molecule has 0 aliphatic carbocycles. The number of nitriles is 1. The lowest BCUT2D eigenvalue weighted by Gasteiger charge is -2.16. The smallest absolute Gasteiger partial charge is 0.222 e. The van der Waals surface area contributed by atoms with Gasteiger partial charge in [0, 0.05) is 20.0 Å². The van der Waals surface area contributed by atoms with E-state index < -0.39 is 0 Å². The minimum absolute atomic E-state index is 0.0977. The maximum absolute atomic E-state index is 11.4. The van der Waals surface area contributed by atoms with E-state index in [9.17, 15) is 4.79 Å². The zero-order valence-electron chi connectivity index (χ0n) is 8.99. The van der Waals surface area contributed by atoms with Crippen molar-refractivity contribution >= 4 is 5.91 Å². The van der Waals surface area contributed by atoms with Crippen molar-refractivity contribution < 1.29 is 4.79 Å². The molecule has 0 aromatic heterocycles. The van der Waals surface area contributed by atoms with Crippen LogP contribution in [0.3, 0.4) is 0 Å². The second-order valence-electron chi connectivity index (χ2n) is 3.60. The monoisotopic (exact) mass is 197 g/mol. The molecule has 4 nitrogen and oxygen atoms in total. The van der Waals surface area contributed by atoms with Crippen LogP contribution in [0.2, 0.25) is 0 Å². The fraction of sp³-hybridized carbons (Fsp3) is 0.800. The average molecular weight is 197 g/mol. The Hall–Kier alpha value is -1.08. The summed E-state index contributed by atoms with van der Waals surface area (Å²) in [6, 6.07) is 2.02. The van der Waals surface area contributed by atoms with Crippen molar-refractivity contribution in [1.82, 2.24) is 4.90 Å². The molecule has 0 aliphatic rings. The maximum atomic E-state index is 11.4. The van der Waals surface area contributed by atoms with Gasteiger partial charge in [-0.3, -0.25) is 4.79 Å². The quantitative estimate of drug-likeness (QED) is 0.682. The molecule has 1 atom stereocenters. The Morgan fingerprint density at radius 3 is 2.79 bits per heavy atom. The third kappa shape index (κ3) is 5.55. The van der Waals surface area contributed by atoms with Crippen LogP contribution in [0, 0.1) is 17.2 Å². The first kappa shape index (κ1) is 12.9. The third-order valence-electron chi connectivity index (χ3n) is 2.24. The van der Waals surface area contributed by atoms with Gasteiger partial charge in [-0.15, -0.1) is 0 Å². The molecule has 0 aromatic carbocycles. The van der Waals surface area contributed by atoms with Gasteiger partial charge in [0.05, 0.1) is 12.5 Å². The van der Waals surface area contributed by atoms with E-state index in [-0.39, 0.29) is 5.91 Å². The van der Waals surface area contributed by atoms with E-state index in [1.807, 2.05) is 13.0 Å². The van der Waals surface area contributed by atoms with Crippen molar-refractivity contribution in [3.8, 4) is 6.07 Å². The first-order chi connectivity index (χ1) is 6.61. The largest absolute Gasteiger partial charge is 0.345 e. The van der Waals surface area contributed by atoms with Crippen LogP contribution in [0.4, 0.5) is 0 Å². The second-order valence-corrected chi connectivity index (χ2v) is 3.60. The fourth-order valence-corrected chi connectivity index (χ4v) is 1.02. The standard InChI is InChI=1S/C10H19N3O/c1-9(8-12)4-5-10(14)13(2)7-3-6-11/h9H,3-5,7-8,12H2,1-2H3. The van der Waals surface area contributed by atoms with Crippen LogP contribution in [0.5, 0.6) is 0 Å². The van der Waals surface area contributed by atoms with Crippen LogP contribution in [0.1, 0.15) is 26.2 Å². The maximum Gasteiger partial charge on any atom is 0.222 e. The van der Waals surface area contributed by atoms with Gasteiger partial charge in [0.25, 0.3) is 0 Å². The van der Waals surface area contributed by atoms with Crippen molar-refractivity contribution in [3.05, 3.63) is 0 Å². The zero-order chi connectivity index (χ0) is 11.0. The summed E-state index contributed by atoms with van der Waals surface area (Å²) in [7, 11) is 1.73. The van der Waals surface area contributed by atoms with E-state index in [4.69, 9.17) is 11.0 Å². The average Bonchev–Trinajstić information content (AvgIpc) is 2.21. The third-order valence-corrected chi connectivity index (χ3v) is 2.24. The van der Waals surface area contributed by atoms with Gasteiger partial charge in [-0.05, 0) is 18.9 Å².